The number of hydrogen-bond donors (Lipinski definition) is 4. The summed E-state index contributed by atoms with van der Waals surface area (Å²) in [4.78, 5) is 11.2. The molecule has 1 atom stereocenters. The van der Waals surface area contributed by atoms with Crippen molar-refractivity contribution in [2.45, 2.75) is 29.3 Å². The highest BCUT2D eigenvalue weighted by Gasteiger charge is 2.51. The monoisotopic (exact) mass is 315 g/mol. The average molecular weight is 315 g/mol. The van der Waals surface area contributed by atoms with Gasteiger partial charge in [-0.05, 0) is 30.5 Å². The first kappa shape index (κ1) is 15.9. The Balaban J connectivity index is 2.14. The predicted octanol–water partition coefficient (Wildman–Crippen LogP) is -0.566. The third-order valence-corrected chi connectivity index (χ3v) is 5.04. The summed E-state index contributed by atoms with van der Waals surface area (Å²) in [6.07, 6.45) is -0.0640. The molecular formula is C13H17NO6S. The molecule has 21 heavy (non-hydrogen) atoms. The van der Waals surface area contributed by atoms with E-state index in [1.54, 1.807) is 0 Å². The van der Waals surface area contributed by atoms with Crippen LogP contribution in [0.15, 0.2) is 29.2 Å². The van der Waals surface area contributed by atoms with E-state index < -0.39 is 34.1 Å². The van der Waals surface area contributed by atoms with Crippen molar-refractivity contribution in [3.8, 4) is 0 Å². The normalized spacial score (nSPS) is 18.2. The molecule has 0 saturated heterocycles. The molecule has 2 rings (SSSR count). The molecule has 8 heteroatoms. The maximum Gasteiger partial charge on any atom is 0.314 e. The summed E-state index contributed by atoms with van der Waals surface area (Å²) in [7, 11) is -3.80. The van der Waals surface area contributed by atoms with E-state index in [1.165, 1.54) is 24.3 Å². The summed E-state index contributed by atoms with van der Waals surface area (Å²) in [6, 6.07) is 5.67. The maximum atomic E-state index is 11.9. The number of carboxylic acid groups (broad SMARTS) is 1. The Hall–Kier alpha value is -1.48. The molecule has 1 aromatic carbocycles. The molecule has 116 valence electrons. The lowest BCUT2D eigenvalue weighted by molar-refractivity contribution is -0.140. The van der Waals surface area contributed by atoms with Crippen LogP contribution in [0.25, 0.3) is 0 Å². The summed E-state index contributed by atoms with van der Waals surface area (Å²) in [5, 5.41) is 27.0. The Morgan fingerprint density at radius 3 is 2.29 bits per heavy atom. The minimum Gasteiger partial charge on any atom is -0.481 e. The van der Waals surface area contributed by atoms with Crippen LogP contribution in [0.1, 0.15) is 18.4 Å². The quantitative estimate of drug-likeness (QED) is 0.534. The zero-order valence-corrected chi connectivity index (χ0v) is 12.0. The lowest BCUT2D eigenvalue weighted by Crippen LogP contribution is -2.33. The first-order valence-electron chi connectivity index (χ1n) is 6.44. The van der Waals surface area contributed by atoms with Gasteiger partial charge in [-0.1, -0.05) is 12.1 Å². The summed E-state index contributed by atoms with van der Waals surface area (Å²) >= 11 is 0. The van der Waals surface area contributed by atoms with Crippen molar-refractivity contribution in [2.75, 3.05) is 13.2 Å². The van der Waals surface area contributed by atoms with Crippen LogP contribution in [0.5, 0.6) is 0 Å². The molecule has 0 spiro atoms. The molecule has 0 amide bonds. The molecule has 0 aromatic heterocycles. The highest BCUT2D eigenvalue weighted by Crippen LogP contribution is 2.48. The van der Waals surface area contributed by atoms with Gasteiger partial charge >= 0.3 is 5.97 Å². The van der Waals surface area contributed by atoms with Crippen molar-refractivity contribution >= 4 is 16.0 Å². The lowest BCUT2D eigenvalue weighted by atomic mass is 9.96. The molecule has 1 fully saturated rings. The zero-order valence-electron chi connectivity index (χ0n) is 11.2. The Morgan fingerprint density at radius 2 is 1.86 bits per heavy atom. The van der Waals surface area contributed by atoms with Gasteiger partial charge in [0.1, 0.15) is 0 Å². The largest absolute Gasteiger partial charge is 0.481 e. The second-order valence-electron chi connectivity index (χ2n) is 5.10. The molecule has 1 aliphatic carbocycles. The summed E-state index contributed by atoms with van der Waals surface area (Å²) in [6.45, 7) is -0.831. The van der Waals surface area contributed by atoms with Crippen LogP contribution in [0.3, 0.4) is 0 Å². The van der Waals surface area contributed by atoms with Crippen molar-refractivity contribution in [3.63, 3.8) is 0 Å². The first-order valence-corrected chi connectivity index (χ1v) is 7.93. The predicted molar refractivity (Wildman–Crippen MR) is 73.3 cm³/mol. The molecule has 0 radical (unpaired) electrons. The zero-order chi connectivity index (χ0) is 15.7. The van der Waals surface area contributed by atoms with E-state index in [0.717, 1.165) is 0 Å². The van der Waals surface area contributed by atoms with E-state index in [1.807, 2.05) is 0 Å². The van der Waals surface area contributed by atoms with Crippen molar-refractivity contribution < 1.29 is 28.5 Å². The van der Waals surface area contributed by atoms with E-state index in [0.29, 0.717) is 18.4 Å². The van der Waals surface area contributed by atoms with Crippen LogP contribution in [0.2, 0.25) is 0 Å². The number of nitrogens with one attached hydrogen (secondary N) is 1. The Morgan fingerprint density at radius 1 is 1.29 bits per heavy atom. The van der Waals surface area contributed by atoms with Crippen LogP contribution < -0.4 is 4.72 Å². The van der Waals surface area contributed by atoms with Crippen LogP contribution in [0.4, 0.5) is 0 Å². The standard InChI is InChI=1S/C13H17NO6S/c15-8-10(16)7-14-21(19,20)11-3-1-9(2-4-11)13(5-6-13)12(17)18/h1-4,10,14-16H,5-8H2,(H,17,18). The molecule has 7 nitrogen and oxygen atoms in total. The smallest absolute Gasteiger partial charge is 0.314 e. The molecule has 0 heterocycles. The van der Waals surface area contributed by atoms with Gasteiger partial charge in [0.2, 0.25) is 10.0 Å². The van der Waals surface area contributed by atoms with E-state index >= 15 is 0 Å². The van der Waals surface area contributed by atoms with Crippen molar-refractivity contribution in [3.05, 3.63) is 29.8 Å². The topological polar surface area (TPSA) is 124 Å². The van der Waals surface area contributed by atoms with E-state index in [9.17, 15) is 18.3 Å². The van der Waals surface area contributed by atoms with Crippen LogP contribution in [-0.2, 0) is 20.2 Å². The number of carbonyl (C=O) groups is 1. The molecular weight excluding hydrogens is 298 g/mol. The number of aliphatic hydroxyl groups is 2. The second-order valence-corrected chi connectivity index (χ2v) is 6.87. The first-order chi connectivity index (χ1) is 9.82. The molecule has 0 bridgehead atoms. The fourth-order valence-corrected chi connectivity index (χ4v) is 3.13. The third-order valence-electron chi connectivity index (χ3n) is 3.60. The minimum absolute atomic E-state index is 0.0161. The number of carboxylic acids is 1. The van der Waals surface area contributed by atoms with E-state index in [4.69, 9.17) is 10.2 Å². The summed E-state index contributed by atoms with van der Waals surface area (Å²) in [5.41, 5.74) is -0.285. The Labute approximate surface area is 122 Å². The Bertz CT molecular complexity index is 621. The number of aliphatic carboxylic acids is 1. The molecule has 1 unspecified atom stereocenters. The molecule has 4 N–H and O–H groups in total. The van der Waals surface area contributed by atoms with Gasteiger partial charge in [0.15, 0.2) is 0 Å². The van der Waals surface area contributed by atoms with Gasteiger partial charge in [0, 0.05) is 6.54 Å². The van der Waals surface area contributed by atoms with E-state index in [-0.39, 0.29) is 11.4 Å². The number of aliphatic hydroxyl groups excluding tert-OH is 2. The van der Waals surface area contributed by atoms with Crippen LogP contribution in [0, 0.1) is 0 Å². The van der Waals surface area contributed by atoms with Gasteiger partial charge in [-0.15, -0.1) is 0 Å². The van der Waals surface area contributed by atoms with Crippen LogP contribution in [-0.4, -0.2) is 49.0 Å². The molecule has 1 aromatic rings. The van der Waals surface area contributed by atoms with Gasteiger partial charge in [0.25, 0.3) is 0 Å². The number of hydrogen-bond acceptors (Lipinski definition) is 5. The van der Waals surface area contributed by atoms with Gasteiger partial charge in [-0.25, -0.2) is 13.1 Å². The number of sulfonamides is 1. The number of rotatable bonds is 7. The second kappa shape index (κ2) is 5.72. The number of benzene rings is 1. The van der Waals surface area contributed by atoms with Gasteiger partial charge < -0.3 is 15.3 Å². The highest BCUT2D eigenvalue weighted by molar-refractivity contribution is 7.89. The SMILES string of the molecule is O=C(O)C1(c2ccc(S(=O)(=O)NCC(O)CO)cc2)CC1. The van der Waals surface area contributed by atoms with Gasteiger partial charge in [0.05, 0.1) is 23.0 Å². The summed E-state index contributed by atoms with van der Waals surface area (Å²) < 4.78 is 26.1. The maximum absolute atomic E-state index is 11.9. The summed E-state index contributed by atoms with van der Waals surface area (Å²) in [5.74, 6) is -0.901. The highest BCUT2D eigenvalue weighted by atomic mass is 32.2. The average Bonchev–Trinajstić information content (AvgIpc) is 3.26. The van der Waals surface area contributed by atoms with Crippen molar-refractivity contribution in [1.82, 2.24) is 4.72 Å². The van der Waals surface area contributed by atoms with Crippen molar-refractivity contribution in [2.24, 2.45) is 0 Å². The minimum atomic E-state index is -3.80. The lowest BCUT2D eigenvalue weighted by Gasteiger charge is -2.12. The van der Waals surface area contributed by atoms with Gasteiger partial charge in [-0.3, -0.25) is 4.79 Å². The van der Waals surface area contributed by atoms with Gasteiger partial charge in [-0.2, -0.15) is 0 Å². The fourth-order valence-electron chi connectivity index (χ4n) is 2.06. The Kier molecular flexibility index (Phi) is 4.33. The van der Waals surface area contributed by atoms with Crippen molar-refractivity contribution in [1.29, 1.82) is 0 Å². The van der Waals surface area contributed by atoms with Crippen LogP contribution >= 0.6 is 0 Å². The fraction of sp³-hybridized carbons (Fsp3) is 0.462. The molecule has 0 aliphatic heterocycles. The third kappa shape index (κ3) is 3.24. The molecule has 1 saturated carbocycles. The van der Waals surface area contributed by atoms with E-state index in [2.05, 4.69) is 4.72 Å². The molecule has 1 aliphatic rings.